The summed E-state index contributed by atoms with van der Waals surface area (Å²) in [7, 11) is 1.56. The summed E-state index contributed by atoms with van der Waals surface area (Å²) < 4.78 is 2.18. The van der Waals surface area contributed by atoms with Crippen LogP contribution in [0.3, 0.4) is 0 Å². The molecule has 1 aliphatic heterocycles. The van der Waals surface area contributed by atoms with E-state index in [4.69, 9.17) is 12.2 Å². The number of likely N-dealkylation sites (N-methyl/N-ethyl adjacent to an activating group) is 1. The van der Waals surface area contributed by atoms with Gasteiger partial charge in [0.2, 0.25) is 0 Å². The minimum atomic E-state index is -0.434. The smallest absolute Gasteiger partial charge is 0.265 e. The van der Waals surface area contributed by atoms with E-state index in [1.807, 2.05) is 18.5 Å². The molecule has 21 heavy (non-hydrogen) atoms. The van der Waals surface area contributed by atoms with Crippen LogP contribution in [0.1, 0.15) is 37.3 Å². The number of carbonyl (C=O) groups excluding carboxylic acids is 2. The van der Waals surface area contributed by atoms with Crippen molar-refractivity contribution in [2.45, 2.75) is 31.7 Å². The molecule has 0 atom stereocenters. The molecule has 0 radical (unpaired) electrons. The maximum atomic E-state index is 12.1. The fourth-order valence-electron chi connectivity index (χ4n) is 2.86. The molecule has 1 saturated carbocycles. The Hall–Kier alpha value is -1.95. The van der Waals surface area contributed by atoms with Crippen LogP contribution in [-0.2, 0) is 9.59 Å². The second-order valence-electron chi connectivity index (χ2n) is 5.51. The number of carbonyl (C=O) groups is 2. The molecule has 1 aromatic rings. The molecule has 1 N–H and O–H groups in total. The van der Waals surface area contributed by atoms with Gasteiger partial charge in [0.1, 0.15) is 5.57 Å². The van der Waals surface area contributed by atoms with Gasteiger partial charge >= 0.3 is 0 Å². The molecule has 2 fully saturated rings. The Morgan fingerprint density at radius 3 is 2.76 bits per heavy atom. The third-order valence-electron chi connectivity index (χ3n) is 4.10. The Bertz CT molecular complexity index is 641. The van der Waals surface area contributed by atoms with Crippen LogP contribution in [-0.4, -0.2) is 33.4 Å². The van der Waals surface area contributed by atoms with Crippen molar-refractivity contribution in [2.24, 2.45) is 0 Å². The van der Waals surface area contributed by atoms with E-state index >= 15 is 0 Å². The van der Waals surface area contributed by atoms with Gasteiger partial charge in [0.25, 0.3) is 11.8 Å². The molecule has 1 aliphatic carbocycles. The quantitative estimate of drug-likeness (QED) is 0.515. The van der Waals surface area contributed by atoms with Gasteiger partial charge < -0.3 is 4.57 Å². The van der Waals surface area contributed by atoms with Crippen molar-refractivity contribution in [1.82, 2.24) is 14.8 Å². The minimum Gasteiger partial charge on any atom is -0.351 e. The van der Waals surface area contributed by atoms with Crippen LogP contribution < -0.4 is 5.32 Å². The summed E-state index contributed by atoms with van der Waals surface area (Å²) in [5.41, 5.74) is 0.983. The Labute approximate surface area is 128 Å². The van der Waals surface area contributed by atoms with Crippen molar-refractivity contribution < 1.29 is 9.59 Å². The highest BCUT2D eigenvalue weighted by atomic mass is 32.1. The van der Waals surface area contributed by atoms with Crippen molar-refractivity contribution in [3.05, 3.63) is 29.6 Å². The first-order valence-electron chi connectivity index (χ1n) is 7.09. The summed E-state index contributed by atoms with van der Waals surface area (Å²) in [5.74, 6) is -0.797. The number of aromatic nitrogens is 1. The summed E-state index contributed by atoms with van der Waals surface area (Å²) in [6.45, 7) is 0. The lowest BCUT2D eigenvalue weighted by Gasteiger charge is -2.24. The summed E-state index contributed by atoms with van der Waals surface area (Å²) in [6.07, 6.45) is 10.6. The second kappa shape index (κ2) is 5.44. The van der Waals surface area contributed by atoms with E-state index in [9.17, 15) is 9.59 Å². The van der Waals surface area contributed by atoms with Gasteiger partial charge in [-0.05, 0) is 42.8 Å². The lowest BCUT2D eigenvalue weighted by Crippen LogP contribution is -2.52. The molecule has 2 heterocycles. The molecule has 1 saturated heterocycles. The van der Waals surface area contributed by atoms with Gasteiger partial charge in [-0.2, -0.15) is 0 Å². The van der Waals surface area contributed by atoms with E-state index in [2.05, 4.69) is 9.88 Å². The van der Waals surface area contributed by atoms with Crippen LogP contribution in [0.25, 0.3) is 6.08 Å². The van der Waals surface area contributed by atoms with Gasteiger partial charge in [0, 0.05) is 25.5 Å². The SMILES string of the molecule is CN1C(=O)/C(=C\c2ccn(C3CCCC3)c2)C(=O)NC1=S. The molecule has 0 unspecified atom stereocenters. The number of nitrogens with zero attached hydrogens (tertiary/aromatic N) is 2. The van der Waals surface area contributed by atoms with Crippen LogP contribution in [0.2, 0.25) is 0 Å². The molecule has 0 spiro atoms. The molecular formula is C15H17N3O2S. The number of amides is 2. The number of thiocarbonyl (C=S) groups is 1. The first-order valence-corrected chi connectivity index (χ1v) is 7.49. The minimum absolute atomic E-state index is 0.121. The van der Waals surface area contributed by atoms with Crippen molar-refractivity contribution in [2.75, 3.05) is 7.05 Å². The topological polar surface area (TPSA) is 54.3 Å². The fraction of sp³-hybridized carbons (Fsp3) is 0.400. The average Bonchev–Trinajstić information content (AvgIpc) is 3.11. The van der Waals surface area contributed by atoms with Crippen LogP contribution in [0.15, 0.2) is 24.0 Å². The first kappa shape index (κ1) is 14.0. The van der Waals surface area contributed by atoms with E-state index < -0.39 is 5.91 Å². The molecule has 0 aromatic carbocycles. The lowest BCUT2D eigenvalue weighted by molar-refractivity contribution is -0.128. The number of nitrogens with one attached hydrogen (secondary N) is 1. The van der Waals surface area contributed by atoms with Crippen LogP contribution in [0, 0.1) is 0 Å². The van der Waals surface area contributed by atoms with Crippen LogP contribution in [0.4, 0.5) is 0 Å². The normalized spacial score (nSPS) is 22.2. The third kappa shape index (κ3) is 2.63. The van der Waals surface area contributed by atoms with E-state index in [1.165, 1.54) is 30.6 Å². The Morgan fingerprint density at radius 2 is 2.05 bits per heavy atom. The highest BCUT2D eigenvalue weighted by Crippen LogP contribution is 2.30. The van der Waals surface area contributed by atoms with Crippen LogP contribution in [0.5, 0.6) is 0 Å². The Balaban J connectivity index is 1.85. The van der Waals surface area contributed by atoms with Gasteiger partial charge in [0.15, 0.2) is 5.11 Å². The predicted octanol–water partition coefficient (Wildman–Crippen LogP) is 1.86. The van der Waals surface area contributed by atoms with Crippen molar-refractivity contribution >= 4 is 35.2 Å². The molecule has 0 bridgehead atoms. The van der Waals surface area contributed by atoms with Crippen molar-refractivity contribution in [1.29, 1.82) is 0 Å². The van der Waals surface area contributed by atoms with Gasteiger partial charge in [-0.3, -0.25) is 19.8 Å². The molecule has 2 amide bonds. The second-order valence-corrected chi connectivity index (χ2v) is 5.90. The van der Waals surface area contributed by atoms with Crippen LogP contribution >= 0.6 is 12.2 Å². The Morgan fingerprint density at radius 1 is 1.33 bits per heavy atom. The average molecular weight is 303 g/mol. The van der Waals surface area contributed by atoms with Gasteiger partial charge in [-0.15, -0.1) is 0 Å². The Kier molecular flexibility index (Phi) is 3.63. The van der Waals surface area contributed by atoms with E-state index in [1.54, 1.807) is 13.1 Å². The number of hydrogen-bond donors (Lipinski definition) is 1. The zero-order valence-corrected chi connectivity index (χ0v) is 12.7. The monoisotopic (exact) mass is 303 g/mol. The first-order chi connectivity index (χ1) is 10.1. The summed E-state index contributed by atoms with van der Waals surface area (Å²) in [4.78, 5) is 25.3. The van der Waals surface area contributed by atoms with Gasteiger partial charge in [-0.25, -0.2) is 0 Å². The number of rotatable bonds is 2. The standard InChI is InChI=1S/C15H17N3O2S/c1-17-14(20)12(13(19)16-15(17)21)8-10-6-7-18(9-10)11-4-2-3-5-11/h6-9,11H,2-5H2,1H3,(H,16,19,21)/b12-8-. The molecule has 5 nitrogen and oxygen atoms in total. The molecule has 3 rings (SSSR count). The van der Waals surface area contributed by atoms with Crippen molar-refractivity contribution in [3.8, 4) is 0 Å². The molecule has 6 heteroatoms. The van der Waals surface area contributed by atoms with Crippen molar-refractivity contribution in [3.63, 3.8) is 0 Å². The summed E-state index contributed by atoms with van der Waals surface area (Å²) >= 11 is 4.92. The summed E-state index contributed by atoms with van der Waals surface area (Å²) in [5, 5.41) is 2.66. The zero-order valence-electron chi connectivity index (χ0n) is 11.8. The number of hydrogen-bond acceptors (Lipinski definition) is 3. The molecule has 110 valence electrons. The molecule has 2 aliphatic rings. The van der Waals surface area contributed by atoms with E-state index in [0.29, 0.717) is 6.04 Å². The zero-order chi connectivity index (χ0) is 15.0. The van der Waals surface area contributed by atoms with Gasteiger partial charge in [-0.1, -0.05) is 12.8 Å². The largest absolute Gasteiger partial charge is 0.351 e. The van der Waals surface area contributed by atoms with Gasteiger partial charge in [0.05, 0.1) is 0 Å². The highest BCUT2D eigenvalue weighted by Gasteiger charge is 2.30. The highest BCUT2D eigenvalue weighted by molar-refractivity contribution is 7.80. The molecule has 1 aromatic heterocycles. The van der Waals surface area contributed by atoms with E-state index in [0.717, 1.165) is 5.56 Å². The third-order valence-corrected chi connectivity index (χ3v) is 4.48. The maximum Gasteiger partial charge on any atom is 0.265 e. The fourth-order valence-corrected chi connectivity index (χ4v) is 3.03. The lowest BCUT2D eigenvalue weighted by atomic mass is 10.1. The molecular weight excluding hydrogens is 286 g/mol. The summed E-state index contributed by atoms with van der Waals surface area (Å²) in [6, 6.07) is 2.47. The maximum absolute atomic E-state index is 12.1. The van der Waals surface area contributed by atoms with E-state index in [-0.39, 0.29) is 16.6 Å². The predicted molar refractivity (Wildman–Crippen MR) is 83.4 cm³/mol.